The van der Waals surface area contributed by atoms with Crippen molar-refractivity contribution in [3.63, 3.8) is 0 Å². The van der Waals surface area contributed by atoms with Crippen LogP contribution in [0.3, 0.4) is 0 Å². The van der Waals surface area contributed by atoms with Gasteiger partial charge in [0.15, 0.2) is 0 Å². The maximum absolute atomic E-state index is 14.4. The van der Waals surface area contributed by atoms with Gasteiger partial charge in [0, 0.05) is 18.8 Å². The van der Waals surface area contributed by atoms with Crippen molar-refractivity contribution >= 4 is 40.7 Å². The summed E-state index contributed by atoms with van der Waals surface area (Å²) in [7, 11) is 0. The summed E-state index contributed by atoms with van der Waals surface area (Å²) in [5.74, 6) is -3.39. The first-order valence-corrected chi connectivity index (χ1v) is 16.0. The van der Waals surface area contributed by atoms with Crippen LogP contribution in [-0.2, 0) is 30.5 Å². The number of para-hydroxylation sites is 1. The predicted octanol–water partition coefficient (Wildman–Crippen LogP) is 4.04. The molecule has 0 spiro atoms. The fourth-order valence-corrected chi connectivity index (χ4v) is 8.66. The number of furan rings is 1. The summed E-state index contributed by atoms with van der Waals surface area (Å²) in [5, 5.41) is 9.80. The van der Waals surface area contributed by atoms with Crippen LogP contribution in [0.15, 0.2) is 82.8 Å². The topological polar surface area (TPSA) is 121 Å². The van der Waals surface area contributed by atoms with Crippen molar-refractivity contribution in [3.8, 4) is 0 Å². The second-order valence-electron chi connectivity index (χ2n) is 13.1. The lowest BCUT2D eigenvalue weighted by Gasteiger charge is -2.48. The largest absolute Gasteiger partial charge is 0.463 e. The molecule has 2 aliphatic carbocycles. The maximum Gasteiger partial charge on any atom is 0.241 e. The summed E-state index contributed by atoms with van der Waals surface area (Å²) in [5.41, 5.74) is 1.70. The zero-order chi connectivity index (χ0) is 31.7. The number of aliphatic hydroxyl groups is 1. The number of carbonyl (C=O) groups excluding carboxylic acids is 4. The van der Waals surface area contributed by atoms with E-state index < -0.39 is 35.0 Å². The fourth-order valence-electron chi connectivity index (χ4n) is 8.66. The minimum Gasteiger partial charge on any atom is -0.463 e. The predicted molar refractivity (Wildman–Crippen MR) is 168 cm³/mol. The molecule has 0 radical (unpaired) electrons. The lowest BCUT2D eigenvalue weighted by atomic mass is 9.52. The van der Waals surface area contributed by atoms with Crippen LogP contribution in [0.4, 0.5) is 17.1 Å². The van der Waals surface area contributed by atoms with Crippen molar-refractivity contribution in [2.24, 2.45) is 29.1 Å². The number of fused-ring (bicyclic) bond motifs is 4. The Balaban J connectivity index is 1.17. The number of morpholine rings is 1. The lowest BCUT2D eigenvalue weighted by molar-refractivity contribution is -0.131. The zero-order valence-electron chi connectivity index (χ0n) is 25.5. The zero-order valence-corrected chi connectivity index (χ0v) is 25.5. The molecule has 4 heterocycles. The third-order valence-corrected chi connectivity index (χ3v) is 10.9. The van der Waals surface area contributed by atoms with Gasteiger partial charge in [0.25, 0.3) is 0 Å². The molecule has 5 aliphatic rings. The minimum atomic E-state index is -1.19. The van der Waals surface area contributed by atoms with E-state index in [-0.39, 0.29) is 36.7 Å². The van der Waals surface area contributed by atoms with Gasteiger partial charge >= 0.3 is 0 Å². The quantitative estimate of drug-likeness (QED) is 0.335. The Labute approximate surface area is 266 Å². The Morgan fingerprint density at radius 1 is 0.804 bits per heavy atom. The number of benzene rings is 2. The second kappa shape index (κ2) is 10.8. The first-order valence-electron chi connectivity index (χ1n) is 16.0. The number of hydrogen-bond donors (Lipinski definition) is 1. The van der Waals surface area contributed by atoms with E-state index in [4.69, 9.17) is 9.15 Å². The van der Waals surface area contributed by atoms with E-state index in [1.54, 1.807) is 36.4 Å². The van der Waals surface area contributed by atoms with Crippen LogP contribution in [-0.4, -0.2) is 55.0 Å². The molecule has 1 saturated carbocycles. The van der Waals surface area contributed by atoms with E-state index in [1.807, 2.05) is 43.3 Å². The van der Waals surface area contributed by atoms with Crippen molar-refractivity contribution in [1.29, 1.82) is 0 Å². The highest BCUT2D eigenvalue weighted by Gasteiger charge is 2.68. The number of carbonyl (C=O) groups is 4. The number of ether oxygens (including phenoxy) is 1. The number of allylic oxidation sites excluding steroid dienone is 2. The molecule has 6 atom stereocenters. The smallest absolute Gasteiger partial charge is 0.241 e. The normalized spacial score (nSPS) is 30.8. The molecule has 236 valence electrons. The van der Waals surface area contributed by atoms with Gasteiger partial charge in [-0.15, -0.1) is 0 Å². The number of hydrogen-bond acceptors (Lipinski definition) is 8. The number of amides is 4. The number of rotatable bonds is 5. The van der Waals surface area contributed by atoms with E-state index in [0.29, 0.717) is 42.5 Å². The molecule has 2 aromatic carbocycles. The third kappa shape index (κ3) is 4.09. The summed E-state index contributed by atoms with van der Waals surface area (Å²) in [4.78, 5) is 61.6. The van der Waals surface area contributed by atoms with E-state index in [0.717, 1.165) is 24.4 Å². The SMILES string of the molecule is C[C@@]12C(=O)N(c3ccccc3)C(=O)[C@@H]1C[C@@H]1C(=CC[C@@H]3C(=O)N(c4ccc(N5CCOCC5)cc4)C(=O)[C@@H]31)[C@@H]2c1ccc(CO)o1. The van der Waals surface area contributed by atoms with Gasteiger partial charge in [0.1, 0.15) is 18.1 Å². The van der Waals surface area contributed by atoms with Gasteiger partial charge in [-0.3, -0.25) is 24.1 Å². The number of anilines is 3. The lowest BCUT2D eigenvalue weighted by Crippen LogP contribution is -2.48. The molecule has 3 aromatic rings. The van der Waals surface area contributed by atoms with Crippen LogP contribution in [0.1, 0.15) is 37.2 Å². The average Bonchev–Trinajstić information content (AvgIpc) is 3.72. The Kier molecular flexibility index (Phi) is 6.77. The molecule has 1 aromatic heterocycles. The van der Waals surface area contributed by atoms with Crippen LogP contribution >= 0.6 is 0 Å². The van der Waals surface area contributed by atoms with Crippen LogP contribution in [0.2, 0.25) is 0 Å². The summed E-state index contributed by atoms with van der Waals surface area (Å²) in [6.45, 7) is 4.38. The Morgan fingerprint density at radius 2 is 1.50 bits per heavy atom. The van der Waals surface area contributed by atoms with Crippen LogP contribution < -0.4 is 14.7 Å². The number of nitrogens with zero attached hydrogens (tertiary/aromatic N) is 3. The first kappa shape index (κ1) is 28.9. The van der Waals surface area contributed by atoms with E-state index in [9.17, 15) is 24.3 Å². The molecule has 0 bridgehead atoms. The van der Waals surface area contributed by atoms with Gasteiger partial charge in [0.05, 0.1) is 53.7 Å². The van der Waals surface area contributed by atoms with E-state index in [1.165, 1.54) is 9.80 Å². The van der Waals surface area contributed by atoms with Gasteiger partial charge in [-0.1, -0.05) is 29.8 Å². The molecule has 4 fully saturated rings. The molecule has 3 aliphatic heterocycles. The van der Waals surface area contributed by atoms with E-state index in [2.05, 4.69) is 4.90 Å². The third-order valence-electron chi connectivity index (χ3n) is 10.9. The molecule has 10 nitrogen and oxygen atoms in total. The van der Waals surface area contributed by atoms with Crippen molar-refractivity contribution in [2.45, 2.75) is 32.3 Å². The van der Waals surface area contributed by atoms with E-state index >= 15 is 0 Å². The van der Waals surface area contributed by atoms with Gasteiger partial charge < -0.3 is 19.2 Å². The number of aliphatic hydroxyl groups excluding tert-OH is 1. The first-order chi connectivity index (χ1) is 22.3. The Bertz CT molecular complexity index is 1760. The van der Waals surface area contributed by atoms with Gasteiger partial charge in [-0.05, 0) is 74.2 Å². The Morgan fingerprint density at radius 3 is 2.20 bits per heavy atom. The summed E-state index contributed by atoms with van der Waals surface area (Å²) < 4.78 is 11.5. The number of imide groups is 2. The molecule has 3 saturated heterocycles. The molecule has 10 heteroatoms. The summed E-state index contributed by atoms with van der Waals surface area (Å²) in [6, 6.07) is 19.8. The highest BCUT2D eigenvalue weighted by atomic mass is 16.5. The molecule has 46 heavy (non-hydrogen) atoms. The van der Waals surface area contributed by atoms with Crippen molar-refractivity contribution < 1.29 is 33.4 Å². The monoisotopic (exact) mass is 621 g/mol. The maximum atomic E-state index is 14.4. The highest BCUT2D eigenvalue weighted by Crippen LogP contribution is 2.63. The summed E-state index contributed by atoms with van der Waals surface area (Å²) >= 11 is 0. The molecule has 4 amide bonds. The van der Waals surface area contributed by atoms with Crippen molar-refractivity contribution in [1.82, 2.24) is 0 Å². The van der Waals surface area contributed by atoms with Crippen LogP contribution in [0, 0.1) is 29.1 Å². The molecule has 1 N–H and O–H groups in total. The molecular weight excluding hydrogens is 586 g/mol. The average molecular weight is 622 g/mol. The second-order valence-corrected chi connectivity index (χ2v) is 13.1. The van der Waals surface area contributed by atoms with Gasteiger partial charge in [-0.25, -0.2) is 4.90 Å². The van der Waals surface area contributed by atoms with Gasteiger partial charge in [0.2, 0.25) is 23.6 Å². The summed E-state index contributed by atoms with van der Waals surface area (Å²) in [6.07, 6.45) is 2.61. The molecular formula is C36H35N3O7. The highest BCUT2D eigenvalue weighted by molar-refractivity contribution is 6.25. The van der Waals surface area contributed by atoms with Crippen LogP contribution in [0.25, 0.3) is 0 Å². The molecule has 0 unspecified atom stereocenters. The van der Waals surface area contributed by atoms with Crippen LogP contribution in [0.5, 0.6) is 0 Å². The fraction of sp³-hybridized carbons (Fsp3) is 0.389. The molecule has 8 rings (SSSR count). The van der Waals surface area contributed by atoms with Crippen molar-refractivity contribution in [2.75, 3.05) is 41.0 Å². The Hall–Kier alpha value is -4.54. The minimum absolute atomic E-state index is 0.241. The van der Waals surface area contributed by atoms with Crippen molar-refractivity contribution in [3.05, 3.63) is 89.9 Å². The van der Waals surface area contributed by atoms with Gasteiger partial charge in [-0.2, -0.15) is 0 Å². The standard InChI is InChI=1S/C36H35N3O7/c1-36-28(33(42)39(35(36)44)22-5-3-2-4-6-22)19-27-25(31(36)29-14-11-24(20-40)46-29)12-13-26-30(27)34(43)38(32(26)41)23-9-7-21(8-10-23)37-15-17-45-18-16-37/h2-12,14,26-28,30-31,40H,13,15-20H2,1H3/t26-,27+,28-,30-,31+,36+/m0/s1.